The summed E-state index contributed by atoms with van der Waals surface area (Å²) in [6.45, 7) is 6.01. The Labute approximate surface area is 204 Å². The van der Waals surface area contributed by atoms with E-state index in [1.54, 1.807) is 18.2 Å². The molecule has 0 saturated carbocycles. The first-order valence-electron chi connectivity index (χ1n) is 11.4. The predicted octanol–water partition coefficient (Wildman–Crippen LogP) is 6.11. The molecule has 0 amide bonds. The number of nitriles is 1. The molecule has 1 heterocycles. The molecule has 1 aliphatic rings. The molecule has 0 saturated heterocycles. The molecule has 1 aliphatic carbocycles. The summed E-state index contributed by atoms with van der Waals surface area (Å²) in [5.41, 5.74) is 8.13. The Hall–Kier alpha value is -3.30. The number of ether oxygens (including phenoxy) is 1. The summed E-state index contributed by atoms with van der Waals surface area (Å²) in [5, 5.41) is 20.8. The molecule has 0 bridgehead atoms. The molecule has 0 radical (unpaired) electrons. The maximum absolute atomic E-state index is 13.1. The zero-order valence-corrected chi connectivity index (χ0v) is 20.8. The highest BCUT2D eigenvalue weighted by Gasteiger charge is 2.24. The Morgan fingerprint density at radius 2 is 1.85 bits per heavy atom. The van der Waals surface area contributed by atoms with Gasteiger partial charge in [-0.15, -0.1) is 0 Å². The van der Waals surface area contributed by atoms with Crippen LogP contribution in [0.2, 0.25) is 0 Å². The van der Waals surface area contributed by atoms with Crippen LogP contribution in [0.25, 0.3) is 11.1 Å². The molecule has 0 fully saturated rings. The third-order valence-corrected chi connectivity index (χ3v) is 7.48. The average molecular weight is 473 g/mol. The maximum atomic E-state index is 13.1. The van der Waals surface area contributed by atoms with Crippen LogP contribution in [0.4, 0.5) is 0 Å². The normalized spacial score (nSPS) is 12.7. The van der Waals surface area contributed by atoms with Gasteiger partial charge in [0, 0.05) is 16.8 Å². The summed E-state index contributed by atoms with van der Waals surface area (Å²) < 4.78 is 5.31. The summed E-state index contributed by atoms with van der Waals surface area (Å²) in [6.07, 6.45) is 3.79. The molecule has 4 rings (SSSR count). The molecule has 0 spiro atoms. The van der Waals surface area contributed by atoms with Gasteiger partial charge in [0.1, 0.15) is 11.1 Å². The molecule has 5 nitrogen and oxygen atoms in total. The SMILES string of the molecule is COc1cc(-c2c(C#N)c(SCC(=O)c3cc(C)c(C)cc3C)nc3c2CCCC3)ccc1O. The summed E-state index contributed by atoms with van der Waals surface area (Å²) >= 11 is 1.32. The lowest BCUT2D eigenvalue weighted by molar-refractivity contribution is 0.102. The minimum Gasteiger partial charge on any atom is -0.504 e. The van der Waals surface area contributed by atoms with Gasteiger partial charge in [0.05, 0.1) is 18.4 Å². The van der Waals surface area contributed by atoms with E-state index in [-0.39, 0.29) is 17.3 Å². The number of aromatic hydroxyl groups is 1. The van der Waals surface area contributed by atoms with E-state index in [4.69, 9.17) is 9.72 Å². The fraction of sp³-hybridized carbons (Fsp3) is 0.321. The second-order valence-corrected chi connectivity index (χ2v) is 9.73. The highest BCUT2D eigenvalue weighted by Crippen LogP contribution is 2.40. The Bertz CT molecular complexity index is 1320. The number of rotatable bonds is 6. The molecule has 0 aliphatic heterocycles. The van der Waals surface area contributed by atoms with E-state index in [0.29, 0.717) is 16.3 Å². The third kappa shape index (κ3) is 4.53. The van der Waals surface area contributed by atoms with E-state index >= 15 is 0 Å². The number of phenols is 1. The number of ketones is 1. The lowest BCUT2D eigenvalue weighted by Crippen LogP contribution is -2.12. The molecule has 0 unspecified atom stereocenters. The zero-order chi connectivity index (χ0) is 24.4. The summed E-state index contributed by atoms with van der Waals surface area (Å²) in [5.74, 6) is 0.651. The monoisotopic (exact) mass is 472 g/mol. The smallest absolute Gasteiger partial charge is 0.173 e. The van der Waals surface area contributed by atoms with Crippen molar-refractivity contribution in [3.63, 3.8) is 0 Å². The fourth-order valence-corrected chi connectivity index (χ4v) is 5.44. The van der Waals surface area contributed by atoms with Gasteiger partial charge in [0.25, 0.3) is 0 Å². The van der Waals surface area contributed by atoms with E-state index in [1.165, 1.54) is 24.4 Å². The molecule has 0 atom stereocenters. The number of carbonyl (C=O) groups is 1. The summed E-state index contributed by atoms with van der Waals surface area (Å²) in [4.78, 5) is 17.9. The number of benzene rings is 2. The van der Waals surface area contributed by atoms with Crippen LogP contribution in [0.3, 0.4) is 0 Å². The lowest BCUT2D eigenvalue weighted by atomic mass is 9.87. The number of carbonyl (C=O) groups excluding carboxylic acids is 1. The van der Waals surface area contributed by atoms with Crippen molar-refractivity contribution in [3.05, 3.63) is 69.4 Å². The topological polar surface area (TPSA) is 83.2 Å². The van der Waals surface area contributed by atoms with Gasteiger partial charge in [-0.2, -0.15) is 5.26 Å². The van der Waals surface area contributed by atoms with Crippen LogP contribution in [0, 0.1) is 32.1 Å². The number of pyridine rings is 1. The number of Topliss-reactive ketones (excluding diaryl/α,β-unsaturated/α-hetero) is 1. The molecule has 2 aromatic carbocycles. The zero-order valence-electron chi connectivity index (χ0n) is 20.0. The minimum atomic E-state index is 0.0295. The van der Waals surface area contributed by atoms with Gasteiger partial charge < -0.3 is 9.84 Å². The molecule has 1 aromatic heterocycles. The second-order valence-electron chi connectivity index (χ2n) is 8.76. The molecule has 3 aromatic rings. The Balaban J connectivity index is 1.76. The van der Waals surface area contributed by atoms with Crippen LogP contribution < -0.4 is 4.74 Å². The lowest BCUT2D eigenvalue weighted by Gasteiger charge is -2.22. The minimum absolute atomic E-state index is 0.0295. The number of fused-ring (bicyclic) bond motifs is 1. The number of phenolic OH excluding ortho intramolecular Hbond substituents is 1. The van der Waals surface area contributed by atoms with Gasteiger partial charge in [-0.3, -0.25) is 4.79 Å². The van der Waals surface area contributed by atoms with E-state index in [2.05, 4.69) is 6.07 Å². The van der Waals surface area contributed by atoms with Crippen molar-refractivity contribution in [2.75, 3.05) is 12.9 Å². The number of hydrogen-bond acceptors (Lipinski definition) is 6. The Kier molecular flexibility index (Phi) is 6.95. The third-order valence-electron chi connectivity index (χ3n) is 6.50. The number of methoxy groups -OCH3 is 1. The maximum Gasteiger partial charge on any atom is 0.173 e. The molecule has 174 valence electrons. The van der Waals surface area contributed by atoms with Gasteiger partial charge in [-0.05, 0) is 92.5 Å². The molecular formula is C28H28N2O3S. The Morgan fingerprint density at radius 3 is 2.59 bits per heavy atom. The number of nitrogens with zero attached hydrogens (tertiary/aromatic N) is 2. The number of hydrogen-bond donors (Lipinski definition) is 1. The van der Waals surface area contributed by atoms with Crippen molar-refractivity contribution >= 4 is 17.5 Å². The predicted molar refractivity (Wildman–Crippen MR) is 135 cm³/mol. The average Bonchev–Trinajstić information content (AvgIpc) is 2.84. The van der Waals surface area contributed by atoms with Crippen LogP contribution in [-0.2, 0) is 12.8 Å². The molecule has 34 heavy (non-hydrogen) atoms. The second kappa shape index (κ2) is 9.90. The Morgan fingerprint density at radius 1 is 1.12 bits per heavy atom. The van der Waals surface area contributed by atoms with Crippen molar-refractivity contribution in [1.29, 1.82) is 5.26 Å². The van der Waals surface area contributed by atoms with E-state index in [1.807, 2.05) is 32.9 Å². The van der Waals surface area contributed by atoms with Crippen molar-refractivity contribution < 1.29 is 14.6 Å². The van der Waals surface area contributed by atoms with E-state index in [9.17, 15) is 15.2 Å². The molecule has 6 heteroatoms. The highest BCUT2D eigenvalue weighted by molar-refractivity contribution is 8.00. The van der Waals surface area contributed by atoms with E-state index in [0.717, 1.165) is 64.8 Å². The molecule has 1 N–H and O–H groups in total. The van der Waals surface area contributed by atoms with Crippen molar-refractivity contribution in [1.82, 2.24) is 4.98 Å². The van der Waals surface area contributed by atoms with Crippen LogP contribution in [-0.4, -0.2) is 28.7 Å². The largest absolute Gasteiger partial charge is 0.504 e. The summed E-state index contributed by atoms with van der Waals surface area (Å²) in [7, 11) is 1.51. The van der Waals surface area contributed by atoms with Gasteiger partial charge >= 0.3 is 0 Å². The fourth-order valence-electron chi connectivity index (χ4n) is 4.55. The van der Waals surface area contributed by atoms with Crippen molar-refractivity contribution in [2.45, 2.75) is 51.5 Å². The number of aromatic nitrogens is 1. The van der Waals surface area contributed by atoms with Crippen LogP contribution in [0.1, 0.15) is 56.7 Å². The first kappa shape index (κ1) is 23.8. The van der Waals surface area contributed by atoms with Crippen LogP contribution in [0.15, 0.2) is 35.4 Å². The highest BCUT2D eigenvalue weighted by atomic mass is 32.2. The number of thioether (sulfide) groups is 1. The summed E-state index contributed by atoms with van der Waals surface area (Å²) in [6, 6.07) is 11.5. The number of aryl methyl sites for hydroxylation is 4. The van der Waals surface area contributed by atoms with Crippen molar-refractivity contribution in [3.8, 4) is 28.7 Å². The standard InChI is InChI=1S/C28H28N2O3S/c1-16-11-18(3)21(12-17(16)2)25(32)15-34-28-22(14-29)27(20-7-5-6-8-23(20)30-28)19-9-10-24(31)26(13-19)33-4/h9-13,31H,5-8,15H2,1-4H3. The van der Waals surface area contributed by atoms with Crippen LogP contribution in [0.5, 0.6) is 11.5 Å². The van der Waals surface area contributed by atoms with Gasteiger partial charge in [0.15, 0.2) is 17.3 Å². The van der Waals surface area contributed by atoms with Gasteiger partial charge in [0.2, 0.25) is 0 Å². The van der Waals surface area contributed by atoms with Gasteiger partial charge in [-0.1, -0.05) is 23.9 Å². The molecular weight excluding hydrogens is 444 g/mol. The van der Waals surface area contributed by atoms with Crippen molar-refractivity contribution in [2.24, 2.45) is 0 Å². The quantitative estimate of drug-likeness (QED) is 0.344. The van der Waals surface area contributed by atoms with Gasteiger partial charge in [-0.25, -0.2) is 4.98 Å². The van der Waals surface area contributed by atoms with E-state index < -0.39 is 0 Å². The first-order valence-corrected chi connectivity index (χ1v) is 12.4. The van der Waals surface area contributed by atoms with Crippen LogP contribution >= 0.6 is 11.8 Å². The first-order chi connectivity index (χ1) is 16.3.